The van der Waals surface area contributed by atoms with Crippen molar-refractivity contribution in [3.8, 4) is 0 Å². The second-order valence-electron chi connectivity index (χ2n) is 7.67. The molecule has 0 aromatic carbocycles. The number of nitrogens with zero attached hydrogens (tertiary/aromatic N) is 5. The predicted molar refractivity (Wildman–Crippen MR) is 146 cm³/mol. The topological polar surface area (TPSA) is 232 Å². The molecule has 8 N–H and O–H groups in total. The molecular formula is C20H21N9O5S4. The van der Waals surface area contributed by atoms with Gasteiger partial charge >= 0.3 is 5.97 Å². The van der Waals surface area contributed by atoms with Crippen molar-refractivity contribution in [3.63, 3.8) is 0 Å². The Morgan fingerprint density at radius 2 is 2.13 bits per heavy atom. The molecule has 4 rings (SSSR count). The van der Waals surface area contributed by atoms with E-state index in [2.05, 4.69) is 25.5 Å². The number of aromatic nitrogens is 2. The molecule has 0 radical (unpaired) electrons. The fraction of sp³-hybridized carbons (Fsp3) is 0.300. The van der Waals surface area contributed by atoms with Gasteiger partial charge < -0.3 is 27.6 Å². The summed E-state index contributed by atoms with van der Waals surface area (Å²) in [5.74, 6) is -1.83. The maximum atomic E-state index is 13.0. The molecule has 14 nitrogen and oxygen atoms in total. The van der Waals surface area contributed by atoms with Crippen LogP contribution in [-0.2, 0) is 14.4 Å². The van der Waals surface area contributed by atoms with E-state index in [1.165, 1.54) is 40.7 Å². The first kappa shape index (κ1) is 27.7. The first-order valence-electron chi connectivity index (χ1n) is 10.8. The number of nitrogens with two attached hydrogens (primary N) is 3. The Bertz CT molecular complexity index is 1330. The molecule has 0 aliphatic carbocycles. The number of thioether (sulfide) groups is 3. The number of carbonyl (C=O) groups is 3. The van der Waals surface area contributed by atoms with Crippen LogP contribution in [0.1, 0.15) is 11.7 Å². The van der Waals surface area contributed by atoms with E-state index in [1.54, 1.807) is 18.5 Å². The summed E-state index contributed by atoms with van der Waals surface area (Å²) in [6.45, 7) is 0.401. The highest BCUT2D eigenvalue weighted by molar-refractivity contribution is 8.07. The number of aliphatic carboxylic acids is 1. The minimum Gasteiger partial charge on any atom is -0.477 e. The third-order valence-electron chi connectivity index (χ3n) is 5.23. The number of nitroso groups, excluding NO2 is 1. The average Bonchev–Trinajstić information content (AvgIpc) is 3.31. The number of aliphatic imine (C=N–C) groups is 1. The lowest BCUT2D eigenvalue weighted by Crippen LogP contribution is -2.70. The Labute approximate surface area is 232 Å². The Morgan fingerprint density at radius 3 is 2.79 bits per heavy atom. The standard InChI is InChI=1S/C20H21N9O5S4/c21-19(22)25-3-4-35-10-5-24-2-1-9(10)38-11-7-36-17-13(16(31)29(17)14(11)18(32)33)27-15(30)12(28-34)8-6-37-20(23)26-8/h1-2,5-6,12-13,17H,3-4,7H2,(H2,23,26)(H,27,30)(H,32,33)(H4,21,22,25)/t12?,13-,17+/m1/s1. The molecule has 38 heavy (non-hydrogen) atoms. The summed E-state index contributed by atoms with van der Waals surface area (Å²) >= 11 is 5.05. The Morgan fingerprint density at radius 1 is 1.34 bits per heavy atom. The van der Waals surface area contributed by atoms with E-state index < -0.39 is 35.2 Å². The van der Waals surface area contributed by atoms with Crippen LogP contribution in [0.2, 0.25) is 0 Å². The number of carbonyl (C=O) groups excluding carboxylic acids is 2. The summed E-state index contributed by atoms with van der Waals surface area (Å²) in [7, 11) is 0. The number of anilines is 1. The van der Waals surface area contributed by atoms with E-state index in [0.717, 1.165) is 26.0 Å². The number of pyridine rings is 1. The molecular weight excluding hydrogens is 575 g/mol. The van der Waals surface area contributed by atoms with E-state index in [9.17, 15) is 24.4 Å². The van der Waals surface area contributed by atoms with Gasteiger partial charge in [-0.25, -0.2) is 9.78 Å². The highest BCUT2D eigenvalue weighted by Crippen LogP contribution is 2.46. The second-order valence-corrected chi connectivity index (χ2v) is 11.9. The van der Waals surface area contributed by atoms with E-state index in [4.69, 9.17) is 17.2 Å². The summed E-state index contributed by atoms with van der Waals surface area (Å²) in [5.41, 5.74) is 16.2. The number of guanidine groups is 1. The van der Waals surface area contributed by atoms with Crippen molar-refractivity contribution in [3.05, 3.63) is 45.0 Å². The van der Waals surface area contributed by atoms with Gasteiger partial charge in [-0.1, -0.05) is 11.8 Å². The smallest absolute Gasteiger partial charge is 0.353 e. The monoisotopic (exact) mass is 595 g/mol. The van der Waals surface area contributed by atoms with Crippen molar-refractivity contribution in [1.29, 1.82) is 0 Å². The lowest BCUT2D eigenvalue weighted by molar-refractivity contribution is -0.150. The normalized spacial score (nSPS) is 19.3. The lowest BCUT2D eigenvalue weighted by atomic mass is 10.0. The summed E-state index contributed by atoms with van der Waals surface area (Å²) in [6, 6.07) is -0.736. The van der Waals surface area contributed by atoms with Crippen LogP contribution in [-0.4, -0.2) is 73.2 Å². The largest absolute Gasteiger partial charge is 0.477 e. The third-order valence-corrected chi connectivity index (χ3v) is 9.70. The van der Waals surface area contributed by atoms with Gasteiger partial charge in [-0.15, -0.1) is 39.8 Å². The highest BCUT2D eigenvalue weighted by atomic mass is 32.2. The van der Waals surface area contributed by atoms with Gasteiger partial charge in [0.15, 0.2) is 11.1 Å². The van der Waals surface area contributed by atoms with Crippen LogP contribution in [0, 0.1) is 4.91 Å². The summed E-state index contributed by atoms with van der Waals surface area (Å²) in [4.78, 5) is 64.4. The molecule has 1 saturated heterocycles. The van der Waals surface area contributed by atoms with E-state index in [-0.39, 0.29) is 28.2 Å². The maximum Gasteiger partial charge on any atom is 0.353 e. The molecule has 2 amide bonds. The lowest BCUT2D eigenvalue weighted by Gasteiger charge is -2.49. The quantitative estimate of drug-likeness (QED) is 0.0604. The Hall–Kier alpha value is -3.35. The van der Waals surface area contributed by atoms with Crippen molar-refractivity contribution in [2.45, 2.75) is 27.2 Å². The molecule has 2 aromatic heterocycles. The van der Waals surface area contributed by atoms with Crippen molar-refractivity contribution >= 4 is 75.5 Å². The summed E-state index contributed by atoms with van der Waals surface area (Å²) < 4.78 is 0. The molecule has 2 aromatic rings. The first-order valence-corrected chi connectivity index (χ1v) is 14.5. The van der Waals surface area contributed by atoms with Crippen LogP contribution in [0.25, 0.3) is 0 Å². The number of β-lactam (4-membered cyclic amide) rings is 1. The average molecular weight is 596 g/mol. The van der Waals surface area contributed by atoms with Gasteiger partial charge in [-0.3, -0.25) is 24.5 Å². The fourth-order valence-electron chi connectivity index (χ4n) is 3.59. The summed E-state index contributed by atoms with van der Waals surface area (Å²) in [5, 5.41) is 16.3. The Kier molecular flexibility index (Phi) is 8.75. The molecule has 1 unspecified atom stereocenters. The van der Waals surface area contributed by atoms with Crippen LogP contribution in [0.3, 0.4) is 0 Å². The van der Waals surface area contributed by atoms with Crippen molar-refractivity contribution in [2.75, 3.05) is 23.8 Å². The second kappa shape index (κ2) is 12.0. The molecule has 200 valence electrons. The van der Waals surface area contributed by atoms with Crippen molar-refractivity contribution in [1.82, 2.24) is 20.2 Å². The Balaban J connectivity index is 1.49. The van der Waals surface area contributed by atoms with Gasteiger partial charge in [0.25, 0.3) is 11.8 Å². The van der Waals surface area contributed by atoms with Gasteiger partial charge in [0.1, 0.15) is 17.1 Å². The molecule has 0 bridgehead atoms. The van der Waals surface area contributed by atoms with E-state index >= 15 is 0 Å². The molecule has 4 heterocycles. The number of rotatable bonds is 11. The van der Waals surface area contributed by atoms with E-state index in [0.29, 0.717) is 17.2 Å². The van der Waals surface area contributed by atoms with Gasteiger partial charge in [0.2, 0.25) is 6.04 Å². The summed E-state index contributed by atoms with van der Waals surface area (Å²) in [6.07, 6.45) is 3.26. The van der Waals surface area contributed by atoms with Gasteiger partial charge in [-0.05, 0) is 11.2 Å². The SMILES string of the molecule is NC(N)=NCCSc1cnccc1SC1=C(C(=O)O)N2C(=O)[C@@H](NC(=O)C(N=O)c3csc(N)n3)[C@@H]2SC1. The fourth-order valence-corrected chi connectivity index (χ4v) is 7.68. The van der Waals surface area contributed by atoms with E-state index in [1.807, 2.05) is 0 Å². The number of fused-ring (bicyclic) bond motifs is 1. The molecule has 3 atom stereocenters. The van der Waals surface area contributed by atoms with Crippen LogP contribution >= 0.6 is 46.6 Å². The zero-order valence-electron chi connectivity index (χ0n) is 19.3. The van der Waals surface area contributed by atoms with Crippen LogP contribution in [0.15, 0.2) is 54.4 Å². The number of carboxylic acids is 1. The number of thiazole rings is 1. The molecule has 0 saturated carbocycles. The molecule has 0 spiro atoms. The zero-order valence-corrected chi connectivity index (χ0v) is 22.6. The number of nitrogen functional groups attached to an aromatic ring is 1. The van der Waals surface area contributed by atoms with Gasteiger partial charge in [0, 0.05) is 44.0 Å². The van der Waals surface area contributed by atoms with Crippen LogP contribution < -0.4 is 22.5 Å². The number of hydrogen-bond acceptors (Lipinski definition) is 13. The maximum absolute atomic E-state index is 13.0. The van der Waals surface area contributed by atoms with Gasteiger partial charge in [-0.2, -0.15) is 0 Å². The number of nitrogens with one attached hydrogen (secondary N) is 1. The number of hydrogen-bond donors (Lipinski definition) is 5. The molecule has 2 aliphatic heterocycles. The number of amides is 2. The highest BCUT2D eigenvalue weighted by Gasteiger charge is 2.54. The number of carboxylic acid groups (broad SMARTS) is 1. The molecule has 1 fully saturated rings. The molecule has 18 heteroatoms. The van der Waals surface area contributed by atoms with Crippen LogP contribution in [0.4, 0.5) is 5.13 Å². The first-order chi connectivity index (χ1) is 18.2. The van der Waals surface area contributed by atoms with Crippen molar-refractivity contribution < 1.29 is 19.5 Å². The predicted octanol–water partition coefficient (Wildman–Crippen LogP) is 0.782. The minimum absolute atomic E-state index is 0.00379. The van der Waals surface area contributed by atoms with Crippen molar-refractivity contribution in [2.24, 2.45) is 21.6 Å². The minimum atomic E-state index is -1.48. The molecule has 2 aliphatic rings. The van der Waals surface area contributed by atoms with Crippen LogP contribution in [0.5, 0.6) is 0 Å². The third kappa shape index (κ3) is 5.87. The zero-order chi connectivity index (χ0) is 27.4. The van der Waals surface area contributed by atoms with Gasteiger partial charge in [0.05, 0.1) is 12.2 Å².